The molecule has 0 spiro atoms. The van der Waals surface area contributed by atoms with Crippen molar-refractivity contribution in [1.82, 2.24) is 15.6 Å². The Hall–Kier alpha value is -3.61. The van der Waals surface area contributed by atoms with Crippen LogP contribution in [0.5, 0.6) is 0 Å². The number of hydrogen-bond acceptors (Lipinski definition) is 3. The molecule has 0 aliphatic rings. The topological polar surface area (TPSA) is 117 Å². The Balaban J connectivity index is 1.62. The summed E-state index contributed by atoms with van der Waals surface area (Å²) in [6, 6.07) is 12.7. The van der Waals surface area contributed by atoms with Gasteiger partial charge in [-0.25, -0.2) is 0 Å². The zero-order chi connectivity index (χ0) is 20.3. The number of aryl methyl sites for hydroxylation is 2. The van der Waals surface area contributed by atoms with Gasteiger partial charge in [-0.3, -0.25) is 14.4 Å². The van der Waals surface area contributed by atoms with E-state index in [0.29, 0.717) is 17.8 Å². The van der Waals surface area contributed by atoms with Crippen LogP contribution in [0.1, 0.15) is 37.5 Å². The van der Waals surface area contributed by atoms with Crippen molar-refractivity contribution in [3.05, 3.63) is 70.4 Å². The molecule has 28 heavy (non-hydrogen) atoms. The van der Waals surface area contributed by atoms with Crippen molar-refractivity contribution >= 4 is 28.6 Å². The van der Waals surface area contributed by atoms with Gasteiger partial charge in [0.1, 0.15) is 5.69 Å². The highest BCUT2D eigenvalue weighted by Gasteiger charge is 2.11. The Morgan fingerprint density at radius 1 is 0.964 bits per heavy atom. The number of primary amides is 1. The van der Waals surface area contributed by atoms with E-state index in [1.807, 2.05) is 26.0 Å². The third-order valence-electron chi connectivity index (χ3n) is 4.43. The van der Waals surface area contributed by atoms with Crippen LogP contribution in [0.4, 0.5) is 0 Å². The highest BCUT2D eigenvalue weighted by molar-refractivity contribution is 5.99. The first-order chi connectivity index (χ1) is 13.3. The Morgan fingerprint density at radius 2 is 1.68 bits per heavy atom. The molecule has 3 amide bonds. The third-order valence-corrected chi connectivity index (χ3v) is 4.43. The molecule has 0 saturated carbocycles. The molecular formula is C21H22N4O3. The predicted octanol–water partition coefficient (Wildman–Crippen LogP) is 1.93. The van der Waals surface area contributed by atoms with Gasteiger partial charge in [-0.1, -0.05) is 18.2 Å². The van der Waals surface area contributed by atoms with Crippen molar-refractivity contribution in [2.24, 2.45) is 5.73 Å². The van der Waals surface area contributed by atoms with Gasteiger partial charge in [-0.2, -0.15) is 0 Å². The maximum atomic E-state index is 12.5. The second-order valence-corrected chi connectivity index (χ2v) is 6.75. The first-order valence-electron chi connectivity index (χ1n) is 8.87. The molecule has 5 N–H and O–H groups in total. The van der Waals surface area contributed by atoms with E-state index in [2.05, 4.69) is 21.7 Å². The Kier molecular flexibility index (Phi) is 5.44. The summed E-state index contributed by atoms with van der Waals surface area (Å²) in [4.78, 5) is 38.2. The predicted molar refractivity (Wildman–Crippen MR) is 107 cm³/mol. The summed E-state index contributed by atoms with van der Waals surface area (Å²) in [5.41, 5.74) is 9.97. The molecule has 7 nitrogen and oxygen atoms in total. The molecule has 3 aromatic rings. The van der Waals surface area contributed by atoms with Gasteiger partial charge in [0.15, 0.2) is 0 Å². The average molecular weight is 378 g/mol. The van der Waals surface area contributed by atoms with Gasteiger partial charge < -0.3 is 21.4 Å². The number of nitrogens with two attached hydrogens (primary N) is 1. The second-order valence-electron chi connectivity index (χ2n) is 6.75. The Bertz CT molecular complexity index is 1050. The summed E-state index contributed by atoms with van der Waals surface area (Å²) in [6.07, 6.45) is 0. The van der Waals surface area contributed by atoms with Gasteiger partial charge >= 0.3 is 0 Å². The van der Waals surface area contributed by atoms with E-state index in [9.17, 15) is 14.4 Å². The van der Waals surface area contributed by atoms with E-state index in [1.165, 1.54) is 0 Å². The number of fused-ring (bicyclic) bond motifs is 1. The molecule has 2 aromatic carbocycles. The zero-order valence-corrected chi connectivity index (χ0v) is 15.8. The van der Waals surface area contributed by atoms with Crippen molar-refractivity contribution in [1.29, 1.82) is 0 Å². The monoisotopic (exact) mass is 378 g/mol. The molecule has 0 aliphatic heterocycles. The number of amides is 3. The SMILES string of the molecule is Cc1cc(C)c2cc(C(=O)NCc3ccc(C(=O)NCC(N)=O)cc3)[nH]c2c1. The van der Waals surface area contributed by atoms with Crippen molar-refractivity contribution in [3.8, 4) is 0 Å². The molecule has 1 aromatic heterocycles. The van der Waals surface area contributed by atoms with Crippen LogP contribution >= 0.6 is 0 Å². The number of carbonyl (C=O) groups is 3. The molecule has 144 valence electrons. The fraction of sp³-hybridized carbons (Fsp3) is 0.190. The summed E-state index contributed by atoms with van der Waals surface area (Å²) >= 11 is 0. The van der Waals surface area contributed by atoms with Crippen LogP contribution in [-0.2, 0) is 11.3 Å². The number of aromatic nitrogens is 1. The Labute approximate surface area is 162 Å². The number of H-pyrrole nitrogens is 1. The molecule has 0 bridgehead atoms. The molecule has 0 atom stereocenters. The van der Waals surface area contributed by atoms with Crippen LogP contribution in [0.3, 0.4) is 0 Å². The zero-order valence-electron chi connectivity index (χ0n) is 15.8. The van der Waals surface area contributed by atoms with E-state index in [4.69, 9.17) is 5.73 Å². The normalized spacial score (nSPS) is 10.6. The highest BCUT2D eigenvalue weighted by atomic mass is 16.2. The van der Waals surface area contributed by atoms with E-state index in [-0.39, 0.29) is 18.4 Å². The maximum Gasteiger partial charge on any atom is 0.267 e. The number of nitrogens with one attached hydrogen (secondary N) is 3. The summed E-state index contributed by atoms with van der Waals surface area (Å²) in [6.45, 7) is 4.16. The van der Waals surface area contributed by atoms with Gasteiger partial charge in [0.25, 0.3) is 11.8 Å². The largest absolute Gasteiger partial charge is 0.368 e. The van der Waals surface area contributed by atoms with Crippen LogP contribution in [0.25, 0.3) is 10.9 Å². The summed E-state index contributed by atoms with van der Waals surface area (Å²) in [5, 5.41) is 6.32. The van der Waals surface area contributed by atoms with Gasteiger partial charge in [0, 0.05) is 23.0 Å². The fourth-order valence-electron chi connectivity index (χ4n) is 3.04. The number of rotatable bonds is 6. The van der Waals surface area contributed by atoms with Gasteiger partial charge in [-0.15, -0.1) is 0 Å². The van der Waals surface area contributed by atoms with E-state index in [0.717, 1.165) is 27.6 Å². The van der Waals surface area contributed by atoms with Gasteiger partial charge in [0.05, 0.1) is 6.54 Å². The molecule has 0 saturated heterocycles. The van der Waals surface area contributed by atoms with Crippen molar-refractivity contribution in [2.45, 2.75) is 20.4 Å². The van der Waals surface area contributed by atoms with E-state index < -0.39 is 5.91 Å². The van der Waals surface area contributed by atoms with Gasteiger partial charge in [0.2, 0.25) is 5.91 Å². The lowest BCUT2D eigenvalue weighted by atomic mass is 10.1. The molecular weight excluding hydrogens is 356 g/mol. The standard InChI is InChI=1S/C21H22N4O3/c1-12-7-13(2)16-9-18(25-17(16)8-12)21(28)23-10-14-3-5-15(6-4-14)20(27)24-11-19(22)26/h3-9,25H,10-11H2,1-2H3,(H2,22,26)(H,23,28)(H,24,27). The highest BCUT2D eigenvalue weighted by Crippen LogP contribution is 2.21. The quantitative estimate of drug-likeness (QED) is 0.525. The smallest absolute Gasteiger partial charge is 0.267 e. The maximum absolute atomic E-state index is 12.5. The van der Waals surface area contributed by atoms with E-state index in [1.54, 1.807) is 24.3 Å². The van der Waals surface area contributed by atoms with Crippen LogP contribution < -0.4 is 16.4 Å². The van der Waals surface area contributed by atoms with Crippen molar-refractivity contribution in [3.63, 3.8) is 0 Å². The lowest BCUT2D eigenvalue weighted by molar-refractivity contribution is -0.117. The number of hydrogen-bond donors (Lipinski definition) is 4. The first kappa shape index (κ1) is 19.2. The molecule has 7 heteroatoms. The fourth-order valence-corrected chi connectivity index (χ4v) is 3.04. The molecule has 0 unspecified atom stereocenters. The minimum atomic E-state index is -0.602. The van der Waals surface area contributed by atoms with Crippen LogP contribution in [0, 0.1) is 13.8 Å². The van der Waals surface area contributed by atoms with Crippen LogP contribution in [0.15, 0.2) is 42.5 Å². The minimum absolute atomic E-state index is 0.198. The molecule has 0 aliphatic carbocycles. The average Bonchev–Trinajstić information content (AvgIpc) is 3.09. The lowest BCUT2D eigenvalue weighted by Crippen LogP contribution is -2.33. The number of carbonyl (C=O) groups excluding carboxylic acids is 3. The molecule has 3 rings (SSSR count). The second kappa shape index (κ2) is 7.96. The summed E-state index contributed by atoms with van der Waals surface area (Å²) in [5.74, 6) is -1.18. The molecule has 1 heterocycles. The first-order valence-corrected chi connectivity index (χ1v) is 8.87. The summed E-state index contributed by atoms with van der Waals surface area (Å²) < 4.78 is 0. The lowest BCUT2D eigenvalue weighted by Gasteiger charge is -2.06. The molecule has 0 radical (unpaired) electrons. The Morgan fingerprint density at radius 3 is 2.36 bits per heavy atom. The molecule has 0 fully saturated rings. The number of aromatic amines is 1. The van der Waals surface area contributed by atoms with Crippen molar-refractivity contribution < 1.29 is 14.4 Å². The van der Waals surface area contributed by atoms with Gasteiger partial charge in [-0.05, 0) is 54.8 Å². The van der Waals surface area contributed by atoms with Crippen molar-refractivity contribution in [2.75, 3.05) is 6.54 Å². The van der Waals surface area contributed by atoms with E-state index >= 15 is 0 Å². The van der Waals surface area contributed by atoms with Crippen LogP contribution in [-0.4, -0.2) is 29.3 Å². The summed E-state index contributed by atoms with van der Waals surface area (Å²) in [7, 11) is 0. The third kappa shape index (κ3) is 4.37. The minimum Gasteiger partial charge on any atom is -0.368 e. The van der Waals surface area contributed by atoms with Crippen LogP contribution in [0.2, 0.25) is 0 Å². The number of benzene rings is 2.